The molecule has 86 valence electrons. The Morgan fingerprint density at radius 2 is 2.00 bits per heavy atom. The van der Waals surface area contributed by atoms with Gasteiger partial charge in [0.25, 0.3) is 0 Å². The van der Waals surface area contributed by atoms with E-state index in [1.165, 1.54) is 4.88 Å². The Bertz CT molecular complexity index is 530. The molecule has 2 aromatic rings. The molecule has 0 bridgehead atoms. The summed E-state index contributed by atoms with van der Waals surface area (Å²) in [7, 11) is 0. The lowest BCUT2D eigenvalue weighted by Gasteiger charge is -2.02. The molecule has 4 heteroatoms. The minimum Gasteiger partial charge on any atom is -0.357 e. The summed E-state index contributed by atoms with van der Waals surface area (Å²) in [5, 5.41) is 12.9. The van der Waals surface area contributed by atoms with Gasteiger partial charge >= 0.3 is 0 Å². The zero-order valence-electron chi connectivity index (χ0n) is 9.82. The van der Waals surface area contributed by atoms with E-state index < -0.39 is 0 Å². The van der Waals surface area contributed by atoms with E-state index in [1.54, 1.807) is 11.3 Å². The van der Waals surface area contributed by atoms with Gasteiger partial charge in [-0.05, 0) is 31.5 Å². The average Bonchev–Trinajstić information content (AvgIpc) is 2.67. The first-order valence-electron chi connectivity index (χ1n) is 5.36. The van der Waals surface area contributed by atoms with Gasteiger partial charge in [-0.15, -0.1) is 11.3 Å². The summed E-state index contributed by atoms with van der Waals surface area (Å²) in [6.07, 6.45) is 0. The maximum absolute atomic E-state index is 8.70. The Morgan fingerprint density at radius 3 is 2.53 bits per heavy atom. The highest BCUT2D eigenvalue weighted by Crippen LogP contribution is 2.21. The van der Waals surface area contributed by atoms with Crippen molar-refractivity contribution in [2.24, 2.45) is 0 Å². The largest absolute Gasteiger partial charge is 0.357 e. The van der Waals surface area contributed by atoms with Gasteiger partial charge in [0.2, 0.25) is 0 Å². The van der Waals surface area contributed by atoms with E-state index in [1.807, 2.05) is 31.2 Å². The number of hydrogen-bond donors (Lipinski definition) is 1. The second kappa shape index (κ2) is 4.98. The molecule has 0 aliphatic heterocycles. The smallest absolute Gasteiger partial charge is 0.183 e. The van der Waals surface area contributed by atoms with Crippen LogP contribution in [0.15, 0.2) is 24.3 Å². The van der Waals surface area contributed by atoms with Crippen molar-refractivity contribution in [1.82, 2.24) is 4.98 Å². The first kappa shape index (κ1) is 11.6. The molecule has 0 radical (unpaired) electrons. The van der Waals surface area contributed by atoms with Crippen LogP contribution in [0.25, 0.3) is 0 Å². The number of nitrogens with zero attached hydrogens (tertiary/aromatic N) is 2. The molecular weight excluding hydrogens is 230 g/mol. The van der Waals surface area contributed by atoms with Gasteiger partial charge in [0.15, 0.2) is 5.13 Å². The monoisotopic (exact) mass is 243 g/mol. The van der Waals surface area contributed by atoms with Gasteiger partial charge in [0, 0.05) is 11.4 Å². The Labute approximate surface area is 105 Å². The van der Waals surface area contributed by atoms with Crippen LogP contribution < -0.4 is 5.32 Å². The number of benzene rings is 1. The van der Waals surface area contributed by atoms with Crippen molar-refractivity contribution in [3.8, 4) is 6.07 Å². The third-order valence-electron chi connectivity index (χ3n) is 2.56. The Hall–Kier alpha value is -1.86. The molecule has 17 heavy (non-hydrogen) atoms. The highest BCUT2D eigenvalue weighted by atomic mass is 32.1. The van der Waals surface area contributed by atoms with Crippen LogP contribution in [-0.4, -0.2) is 4.98 Å². The number of nitriles is 1. The maximum atomic E-state index is 8.70. The van der Waals surface area contributed by atoms with Crippen molar-refractivity contribution in [3.05, 3.63) is 46.0 Å². The molecule has 0 saturated heterocycles. The van der Waals surface area contributed by atoms with Crippen molar-refractivity contribution < 1.29 is 0 Å². The SMILES string of the molecule is Cc1nc(NCc2ccc(C#N)cc2)sc1C. The van der Waals surface area contributed by atoms with Gasteiger partial charge in [-0.1, -0.05) is 12.1 Å². The van der Waals surface area contributed by atoms with Gasteiger partial charge in [0.1, 0.15) is 0 Å². The van der Waals surface area contributed by atoms with Crippen molar-refractivity contribution in [3.63, 3.8) is 0 Å². The second-order valence-electron chi connectivity index (χ2n) is 3.82. The molecule has 0 spiro atoms. The lowest BCUT2D eigenvalue weighted by Crippen LogP contribution is -1.98. The van der Waals surface area contributed by atoms with Crippen LogP contribution in [0.3, 0.4) is 0 Å². The third kappa shape index (κ3) is 2.83. The predicted molar refractivity (Wildman–Crippen MR) is 70.1 cm³/mol. The summed E-state index contributed by atoms with van der Waals surface area (Å²) in [5.41, 5.74) is 2.92. The van der Waals surface area contributed by atoms with E-state index >= 15 is 0 Å². The number of hydrogen-bond acceptors (Lipinski definition) is 4. The normalized spacial score (nSPS) is 9.94. The van der Waals surface area contributed by atoms with E-state index in [0.717, 1.165) is 22.9 Å². The number of anilines is 1. The number of thiazole rings is 1. The van der Waals surface area contributed by atoms with Crippen LogP contribution in [0, 0.1) is 25.2 Å². The number of aryl methyl sites for hydroxylation is 2. The summed E-state index contributed by atoms with van der Waals surface area (Å²) in [6, 6.07) is 9.68. The molecule has 1 N–H and O–H groups in total. The molecule has 0 saturated carbocycles. The fourth-order valence-electron chi connectivity index (χ4n) is 1.42. The Balaban J connectivity index is 2.00. The van der Waals surface area contributed by atoms with Crippen molar-refractivity contribution >= 4 is 16.5 Å². The lowest BCUT2D eigenvalue weighted by molar-refractivity contribution is 1.12. The molecule has 0 unspecified atom stereocenters. The van der Waals surface area contributed by atoms with Gasteiger partial charge in [-0.25, -0.2) is 4.98 Å². The average molecular weight is 243 g/mol. The Kier molecular flexibility index (Phi) is 3.40. The van der Waals surface area contributed by atoms with E-state index in [-0.39, 0.29) is 0 Å². The van der Waals surface area contributed by atoms with Gasteiger partial charge in [-0.3, -0.25) is 0 Å². The molecule has 1 aromatic carbocycles. The van der Waals surface area contributed by atoms with Crippen LogP contribution in [0.4, 0.5) is 5.13 Å². The highest BCUT2D eigenvalue weighted by molar-refractivity contribution is 7.15. The standard InChI is InChI=1S/C13H13N3S/c1-9-10(2)17-13(16-9)15-8-12-5-3-11(7-14)4-6-12/h3-6H,8H2,1-2H3,(H,15,16). The van der Waals surface area contributed by atoms with Crippen LogP contribution in [0.5, 0.6) is 0 Å². The summed E-state index contributed by atoms with van der Waals surface area (Å²) in [6.45, 7) is 4.82. The van der Waals surface area contributed by atoms with Gasteiger partial charge < -0.3 is 5.32 Å². The zero-order valence-corrected chi connectivity index (χ0v) is 10.6. The molecule has 1 heterocycles. The molecule has 3 nitrogen and oxygen atoms in total. The predicted octanol–water partition coefficient (Wildman–Crippen LogP) is 3.24. The van der Waals surface area contributed by atoms with Crippen LogP contribution in [0.1, 0.15) is 21.7 Å². The molecule has 1 aromatic heterocycles. The first-order chi connectivity index (χ1) is 8.19. The summed E-state index contributed by atoms with van der Waals surface area (Å²) in [4.78, 5) is 5.66. The fourth-order valence-corrected chi connectivity index (χ4v) is 2.23. The number of nitrogens with one attached hydrogen (secondary N) is 1. The van der Waals surface area contributed by atoms with E-state index in [2.05, 4.69) is 23.3 Å². The number of rotatable bonds is 3. The minimum absolute atomic E-state index is 0.690. The van der Waals surface area contributed by atoms with Crippen LogP contribution in [0.2, 0.25) is 0 Å². The Morgan fingerprint density at radius 1 is 1.29 bits per heavy atom. The van der Waals surface area contributed by atoms with Gasteiger partial charge in [-0.2, -0.15) is 5.26 Å². The van der Waals surface area contributed by atoms with Crippen LogP contribution >= 0.6 is 11.3 Å². The fraction of sp³-hybridized carbons (Fsp3) is 0.231. The summed E-state index contributed by atoms with van der Waals surface area (Å²) >= 11 is 1.67. The quantitative estimate of drug-likeness (QED) is 0.900. The highest BCUT2D eigenvalue weighted by Gasteiger charge is 2.02. The second-order valence-corrected chi connectivity index (χ2v) is 5.03. The van der Waals surface area contributed by atoms with Crippen LogP contribution in [-0.2, 0) is 6.54 Å². The summed E-state index contributed by atoms with van der Waals surface area (Å²) < 4.78 is 0. The van der Waals surface area contributed by atoms with Crippen molar-refractivity contribution in [2.75, 3.05) is 5.32 Å². The van der Waals surface area contributed by atoms with Crippen molar-refractivity contribution in [2.45, 2.75) is 20.4 Å². The molecule has 0 aliphatic rings. The van der Waals surface area contributed by atoms with Gasteiger partial charge in [0.05, 0.1) is 17.3 Å². The number of aromatic nitrogens is 1. The molecule has 0 aliphatic carbocycles. The van der Waals surface area contributed by atoms with E-state index in [9.17, 15) is 0 Å². The molecular formula is C13H13N3S. The topological polar surface area (TPSA) is 48.7 Å². The molecule has 2 rings (SSSR count). The third-order valence-corrected chi connectivity index (χ3v) is 3.59. The molecule has 0 amide bonds. The summed E-state index contributed by atoms with van der Waals surface area (Å²) in [5.74, 6) is 0. The first-order valence-corrected chi connectivity index (χ1v) is 6.17. The van der Waals surface area contributed by atoms with E-state index in [0.29, 0.717) is 5.56 Å². The van der Waals surface area contributed by atoms with Crippen molar-refractivity contribution in [1.29, 1.82) is 5.26 Å². The lowest BCUT2D eigenvalue weighted by atomic mass is 10.1. The molecule has 0 atom stereocenters. The minimum atomic E-state index is 0.690. The maximum Gasteiger partial charge on any atom is 0.183 e. The zero-order chi connectivity index (χ0) is 12.3. The molecule has 0 fully saturated rings. The van der Waals surface area contributed by atoms with E-state index in [4.69, 9.17) is 5.26 Å².